The van der Waals surface area contributed by atoms with Gasteiger partial charge in [-0.1, -0.05) is 17.7 Å². The first-order valence-corrected chi connectivity index (χ1v) is 12.2. The number of nitrogens with zero attached hydrogens (tertiary/aromatic N) is 3. The molecular weight excluding hydrogens is 448 g/mol. The average molecular weight is 475 g/mol. The van der Waals surface area contributed by atoms with Crippen LogP contribution in [0.25, 0.3) is 0 Å². The van der Waals surface area contributed by atoms with Gasteiger partial charge in [0.15, 0.2) is 0 Å². The van der Waals surface area contributed by atoms with E-state index < -0.39 is 10.0 Å². The molecule has 0 atom stereocenters. The first kappa shape index (κ1) is 23.2. The molecule has 4 rings (SSSR count). The van der Waals surface area contributed by atoms with Crippen LogP contribution < -0.4 is 15.4 Å². The summed E-state index contributed by atoms with van der Waals surface area (Å²) in [5.41, 5.74) is 4.04. The summed E-state index contributed by atoms with van der Waals surface area (Å²) in [6.07, 6.45) is 1.74. The van der Waals surface area contributed by atoms with Crippen LogP contribution in [0.4, 0.5) is 28.8 Å². The van der Waals surface area contributed by atoms with Gasteiger partial charge in [-0.15, -0.1) is 0 Å². The smallest absolute Gasteiger partial charge is 0.262 e. The summed E-state index contributed by atoms with van der Waals surface area (Å²) in [5, 5.41) is 6.42. The summed E-state index contributed by atoms with van der Waals surface area (Å²) in [5.74, 6) is 2.51. The van der Waals surface area contributed by atoms with Crippen molar-refractivity contribution in [3.8, 4) is 0 Å². The van der Waals surface area contributed by atoms with Crippen LogP contribution in [0.3, 0.4) is 0 Å². The lowest BCUT2D eigenvalue weighted by Gasteiger charge is -2.12. The van der Waals surface area contributed by atoms with Crippen LogP contribution in [-0.4, -0.2) is 23.4 Å². The number of anilines is 5. The lowest BCUT2D eigenvalue weighted by Crippen LogP contribution is -2.14. The number of sulfonamides is 1. The monoisotopic (exact) mass is 474 g/mol. The molecule has 0 saturated heterocycles. The van der Waals surface area contributed by atoms with E-state index >= 15 is 0 Å². The van der Waals surface area contributed by atoms with E-state index in [0.717, 1.165) is 16.8 Å². The molecule has 0 amide bonds. The van der Waals surface area contributed by atoms with E-state index in [0.29, 0.717) is 34.5 Å². The third-order valence-corrected chi connectivity index (χ3v) is 6.58. The van der Waals surface area contributed by atoms with Gasteiger partial charge in [-0.2, -0.15) is 0 Å². The molecule has 8 nitrogen and oxygen atoms in total. The topological polar surface area (TPSA) is 109 Å². The average Bonchev–Trinajstić information content (AvgIpc) is 2.74. The van der Waals surface area contributed by atoms with Gasteiger partial charge in [-0.3, -0.25) is 4.72 Å². The van der Waals surface area contributed by atoms with Crippen molar-refractivity contribution in [1.29, 1.82) is 0 Å². The number of pyridine rings is 1. The van der Waals surface area contributed by atoms with E-state index in [-0.39, 0.29) is 4.90 Å². The Kier molecular flexibility index (Phi) is 6.47. The third-order valence-electron chi connectivity index (χ3n) is 5.04. The predicted molar refractivity (Wildman–Crippen MR) is 135 cm³/mol. The third kappa shape index (κ3) is 5.68. The van der Waals surface area contributed by atoms with Crippen molar-refractivity contribution in [1.82, 2.24) is 15.0 Å². The standard InChI is InChI=1S/C25H26N6O2S/c1-16-5-10-22(18(3)13-16)34(32,33)31-21-8-6-20(7-9-21)29-24-15-25(28-19(4)27-24)30-23-14-17(2)11-12-26-23/h5-15,31H,1-4H3,(H2,26,27,28,29,30). The molecule has 0 saturated carbocycles. The molecular formula is C25H26N6O2S. The fourth-order valence-electron chi connectivity index (χ4n) is 3.51. The van der Waals surface area contributed by atoms with Gasteiger partial charge >= 0.3 is 0 Å². The highest BCUT2D eigenvalue weighted by atomic mass is 32.2. The highest BCUT2D eigenvalue weighted by Gasteiger charge is 2.17. The first-order chi connectivity index (χ1) is 16.2. The van der Waals surface area contributed by atoms with E-state index in [9.17, 15) is 8.42 Å². The molecule has 2 aromatic heterocycles. The van der Waals surface area contributed by atoms with Crippen LogP contribution in [-0.2, 0) is 10.0 Å². The Morgan fingerprint density at radius 2 is 1.32 bits per heavy atom. The second-order valence-corrected chi connectivity index (χ2v) is 9.76. The molecule has 3 N–H and O–H groups in total. The second kappa shape index (κ2) is 9.48. The Morgan fingerprint density at radius 1 is 0.676 bits per heavy atom. The predicted octanol–water partition coefficient (Wildman–Crippen LogP) is 5.39. The molecule has 34 heavy (non-hydrogen) atoms. The molecule has 2 aromatic carbocycles. The van der Waals surface area contributed by atoms with Crippen LogP contribution >= 0.6 is 0 Å². The maximum atomic E-state index is 12.8. The Bertz CT molecular complexity index is 1440. The molecule has 2 heterocycles. The summed E-state index contributed by atoms with van der Waals surface area (Å²) < 4.78 is 28.2. The Labute approximate surface area is 199 Å². The Balaban J connectivity index is 1.48. The molecule has 0 unspecified atom stereocenters. The highest BCUT2D eigenvalue weighted by Crippen LogP contribution is 2.24. The quantitative estimate of drug-likeness (QED) is 0.329. The van der Waals surface area contributed by atoms with Gasteiger partial charge in [0, 0.05) is 23.6 Å². The fraction of sp³-hybridized carbons (Fsp3) is 0.160. The minimum atomic E-state index is -3.68. The molecule has 0 aliphatic heterocycles. The van der Waals surface area contributed by atoms with Crippen molar-refractivity contribution in [2.75, 3.05) is 15.4 Å². The maximum absolute atomic E-state index is 12.8. The van der Waals surface area contributed by atoms with Crippen LogP contribution in [0.1, 0.15) is 22.5 Å². The number of benzene rings is 2. The largest absolute Gasteiger partial charge is 0.340 e. The van der Waals surface area contributed by atoms with E-state index in [1.54, 1.807) is 55.6 Å². The number of aromatic nitrogens is 3. The number of hydrogen-bond donors (Lipinski definition) is 3. The van der Waals surface area contributed by atoms with Gasteiger partial charge < -0.3 is 10.6 Å². The van der Waals surface area contributed by atoms with E-state index in [4.69, 9.17) is 0 Å². The van der Waals surface area contributed by atoms with Crippen LogP contribution in [0.2, 0.25) is 0 Å². The number of hydrogen-bond acceptors (Lipinski definition) is 7. The second-order valence-electron chi connectivity index (χ2n) is 8.11. The molecule has 0 aliphatic carbocycles. The van der Waals surface area contributed by atoms with E-state index in [1.807, 2.05) is 39.0 Å². The molecule has 4 aromatic rings. The fourth-order valence-corrected chi connectivity index (χ4v) is 4.80. The van der Waals surface area contributed by atoms with Gasteiger partial charge in [0.2, 0.25) is 0 Å². The molecule has 0 radical (unpaired) electrons. The summed E-state index contributed by atoms with van der Waals surface area (Å²) >= 11 is 0. The van der Waals surface area contributed by atoms with E-state index in [2.05, 4.69) is 30.3 Å². The molecule has 0 aliphatic rings. The summed E-state index contributed by atoms with van der Waals surface area (Å²) in [6, 6.07) is 17.9. The first-order valence-electron chi connectivity index (χ1n) is 10.7. The van der Waals surface area contributed by atoms with Gasteiger partial charge in [0.25, 0.3) is 10.0 Å². The van der Waals surface area contributed by atoms with Crippen molar-refractivity contribution in [3.63, 3.8) is 0 Å². The zero-order valence-electron chi connectivity index (χ0n) is 19.4. The summed E-state index contributed by atoms with van der Waals surface area (Å²) in [7, 11) is -3.68. The van der Waals surface area contributed by atoms with Gasteiger partial charge in [0.05, 0.1) is 4.90 Å². The molecule has 9 heteroatoms. The Hall–Kier alpha value is -3.98. The lowest BCUT2D eigenvalue weighted by atomic mass is 10.2. The van der Waals surface area contributed by atoms with Crippen LogP contribution in [0, 0.1) is 27.7 Å². The highest BCUT2D eigenvalue weighted by molar-refractivity contribution is 7.92. The maximum Gasteiger partial charge on any atom is 0.262 e. The van der Waals surface area contributed by atoms with Crippen molar-refractivity contribution >= 4 is 38.9 Å². The van der Waals surface area contributed by atoms with E-state index in [1.165, 1.54) is 0 Å². The van der Waals surface area contributed by atoms with Gasteiger partial charge in [0.1, 0.15) is 23.3 Å². The zero-order chi connectivity index (χ0) is 24.3. The van der Waals surface area contributed by atoms with Crippen molar-refractivity contribution < 1.29 is 8.42 Å². The summed E-state index contributed by atoms with van der Waals surface area (Å²) in [4.78, 5) is 13.4. The SMILES string of the molecule is Cc1ccnc(Nc2cc(Nc3ccc(NS(=O)(=O)c4ccc(C)cc4C)cc3)nc(C)n2)c1. The minimum absolute atomic E-state index is 0.264. The van der Waals surface area contributed by atoms with Crippen molar-refractivity contribution in [2.24, 2.45) is 0 Å². The molecule has 174 valence electrons. The normalized spacial score (nSPS) is 11.2. The van der Waals surface area contributed by atoms with Crippen LogP contribution in [0.15, 0.2) is 71.8 Å². The Morgan fingerprint density at radius 3 is 2.00 bits per heavy atom. The molecule has 0 fully saturated rings. The number of aryl methyl sites for hydroxylation is 4. The summed E-state index contributed by atoms with van der Waals surface area (Å²) in [6.45, 7) is 7.53. The number of nitrogens with one attached hydrogen (secondary N) is 3. The van der Waals surface area contributed by atoms with Crippen LogP contribution in [0.5, 0.6) is 0 Å². The molecule has 0 spiro atoms. The lowest BCUT2D eigenvalue weighted by molar-refractivity contribution is 0.600. The molecule has 0 bridgehead atoms. The minimum Gasteiger partial charge on any atom is -0.340 e. The van der Waals surface area contributed by atoms with Gasteiger partial charge in [-0.05, 0) is 81.3 Å². The van der Waals surface area contributed by atoms with Crippen molar-refractivity contribution in [3.05, 3.63) is 89.4 Å². The van der Waals surface area contributed by atoms with Crippen molar-refractivity contribution in [2.45, 2.75) is 32.6 Å². The van der Waals surface area contributed by atoms with Gasteiger partial charge in [-0.25, -0.2) is 23.4 Å². The zero-order valence-corrected chi connectivity index (χ0v) is 20.2. The number of rotatable bonds is 7.